The zero-order valence-corrected chi connectivity index (χ0v) is 16.3. The van der Waals surface area contributed by atoms with Crippen molar-refractivity contribution in [3.05, 3.63) is 71.8 Å². The third-order valence-electron chi connectivity index (χ3n) is 4.68. The van der Waals surface area contributed by atoms with Crippen LogP contribution in [-0.2, 0) is 9.47 Å². The Bertz CT molecular complexity index is 712. The normalized spacial score (nSPS) is 14.0. The number of carbonyl (C=O) groups excluding carboxylic acids is 2. The van der Waals surface area contributed by atoms with E-state index in [-0.39, 0.29) is 30.1 Å². The number of benzene rings is 2. The van der Waals surface area contributed by atoms with E-state index in [4.69, 9.17) is 9.47 Å². The van der Waals surface area contributed by atoms with E-state index in [1.165, 1.54) is 0 Å². The molecule has 27 heavy (non-hydrogen) atoms. The van der Waals surface area contributed by atoms with Crippen molar-refractivity contribution in [3.63, 3.8) is 0 Å². The van der Waals surface area contributed by atoms with Crippen molar-refractivity contribution in [1.29, 1.82) is 0 Å². The van der Waals surface area contributed by atoms with Gasteiger partial charge in [0.2, 0.25) is 0 Å². The molecule has 0 amide bonds. The van der Waals surface area contributed by atoms with Gasteiger partial charge in [-0.3, -0.25) is 0 Å². The second-order valence-corrected chi connectivity index (χ2v) is 6.65. The molecule has 0 spiro atoms. The maximum atomic E-state index is 12.5. The maximum absolute atomic E-state index is 12.5. The van der Waals surface area contributed by atoms with Gasteiger partial charge in [-0.2, -0.15) is 0 Å². The molecular weight excluding hydrogens is 340 g/mol. The van der Waals surface area contributed by atoms with Crippen LogP contribution in [0.4, 0.5) is 0 Å². The van der Waals surface area contributed by atoms with Crippen LogP contribution in [0.5, 0.6) is 0 Å². The van der Waals surface area contributed by atoms with Crippen molar-refractivity contribution in [2.45, 2.75) is 52.2 Å². The summed E-state index contributed by atoms with van der Waals surface area (Å²) in [5.74, 6) is -0.751. The summed E-state index contributed by atoms with van der Waals surface area (Å²) in [7, 11) is 0. The molecule has 0 saturated carbocycles. The lowest BCUT2D eigenvalue weighted by Gasteiger charge is -2.30. The van der Waals surface area contributed by atoms with E-state index in [0.29, 0.717) is 17.5 Å². The summed E-state index contributed by atoms with van der Waals surface area (Å²) in [5.41, 5.74) is 1.05. The van der Waals surface area contributed by atoms with Gasteiger partial charge in [0.25, 0.3) is 0 Å². The zero-order chi connectivity index (χ0) is 19.6. The quantitative estimate of drug-likeness (QED) is 0.565. The second kappa shape index (κ2) is 10.5. The number of ether oxygens (including phenoxy) is 2. The van der Waals surface area contributed by atoms with Crippen LogP contribution in [0, 0.1) is 5.92 Å². The van der Waals surface area contributed by atoms with Crippen LogP contribution in [0.1, 0.15) is 60.7 Å². The van der Waals surface area contributed by atoms with Gasteiger partial charge in [-0.15, -0.1) is 0 Å². The molecule has 3 unspecified atom stereocenters. The number of esters is 2. The minimum atomic E-state index is -0.355. The molecule has 0 aliphatic carbocycles. The van der Waals surface area contributed by atoms with E-state index in [1.54, 1.807) is 36.4 Å². The topological polar surface area (TPSA) is 52.6 Å². The van der Waals surface area contributed by atoms with E-state index >= 15 is 0 Å². The fourth-order valence-corrected chi connectivity index (χ4v) is 3.21. The molecule has 0 aliphatic rings. The second-order valence-electron chi connectivity index (χ2n) is 6.65. The molecule has 0 aliphatic heterocycles. The van der Waals surface area contributed by atoms with Crippen molar-refractivity contribution in [3.8, 4) is 0 Å². The van der Waals surface area contributed by atoms with Crippen LogP contribution in [-0.4, -0.2) is 24.1 Å². The minimum Gasteiger partial charge on any atom is -0.459 e. The Morgan fingerprint density at radius 1 is 0.815 bits per heavy atom. The lowest BCUT2D eigenvalue weighted by atomic mass is 9.90. The molecule has 3 atom stereocenters. The average molecular weight is 368 g/mol. The fourth-order valence-electron chi connectivity index (χ4n) is 3.21. The monoisotopic (exact) mass is 368 g/mol. The zero-order valence-electron chi connectivity index (χ0n) is 16.3. The standard InChI is InChI=1S/C23H28O4/c1-4-12-20(17(3)26-22(24)18-13-8-6-9-14-18)21(5-2)27-23(25)19-15-10-7-11-16-19/h6-11,13-17,20-21H,4-5,12H2,1-3H3. The molecule has 4 nitrogen and oxygen atoms in total. The van der Waals surface area contributed by atoms with E-state index in [1.807, 2.05) is 38.1 Å². The van der Waals surface area contributed by atoms with E-state index in [2.05, 4.69) is 6.92 Å². The summed E-state index contributed by atoms with van der Waals surface area (Å²) in [4.78, 5) is 24.8. The Morgan fingerprint density at radius 2 is 1.30 bits per heavy atom. The van der Waals surface area contributed by atoms with Gasteiger partial charge in [-0.1, -0.05) is 56.7 Å². The van der Waals surface area contributed by atoms with Crippen molar-refractivity contribution >= 4 is 11.9 Å². The third kappa shape index (κ3) is 5.95. The van der Waals surface area contributed by atoms with E-state index < -0.39 is 0 Å². The summed E-state index contributed by atoms with van der Waals surface area (Å²) in [6.45, 7) is 5.93. The van der Waals surface area contributed by atoms with Crippen LogP contribution in [0.25, 0.3) is 0 Å². The molecule has 2 aromatic carbocycles. The molecule has 2 aromatic rings. The highest BCUT2D eigenvalue weighted by atomic mass is 16.6. The van der Waals surface area contributed by atoms with Gasteiger partial charge in [0.15, 0.2) is 0 Å². The van der Waals surface area contributed by atoms with Crippen LogP contribution in [0.15, 0.2) is 60.7 Å². The number of carbonyl (C=O) groups is 2. The summed E-state index contributed by atoms with van der Waals surface area (Å²) in [6.07, 6.45) is 1.72. The Kier molecular flexibility index (Phi) is 8.05. The highest BCUT2D eigenvalue weighted by molar-refractivity contribution is 5.90. The van der Waals surface area contributed by atoms with Crippen LogP contribution in [0.2, 0.25) is 0 Å². The predicted molar refractivity (Wildman–Crippen MR) is 106 cm³/mol. The summed E-state index contributed by atoms with van der Waals surface area (Å²) in [6, 6.07) is 17.9. The Labute approximate surface area is 161 Å². The minimum absolute atomic E-state index is 0.0553. The van der Waals surface area contributed by atoms with Gasteiger partial charge in [0, 0.05) is 5.92 Å². The van der Waals surface area contributed by atoms with Gasteiger partial charge in [-0.05, 0) is 44.0 Å². The van der Waals surface area contributed by atoms with Crippen molar-refractivity contribution in [1.82, 2.24) is 0 Å². The third-order valence-corrected chi connectivity index (χ3v) is 4.68. The largest absolute Gasteiger partial charge is 0.459 e. The smallest absolute Gasteiger partial charge is 0.338 e. The predicted octanol–water partition coefficient (Wildman–Crippen LogP) is 5.28. The first kappa shape index (κ1) is 20.7. The molecule has 2 rings (SSSR count). The first-order valence-electron chi connectivity index (χ1n) is 9.58. The molecule has 0 heterocycles. The number of rotatable bonds is 9. The lowest BCUT2D eigenvalue weighted by molar-refractivity contribution is -0.0313. The summed E-state index contributed by atoms with van der Waals surface area (Å²) in [5, 5.41) is 0. The highest BCUT2D eigenvalue weighted by Crippen LogP contribution is 2.25. The summed E-state index contributed by atoms with van der Waals surface area (Å²) < 4.78 is 11.5. The maximum Gasteiger partial charge on any atom is 0.338 e. The molecule has 0 radical (unpaired) electrons. The Morgan fingerprint density at radius 3 is 1.74 bits per heavy atom. The van der Waals surface area contributed by atoms with Crippen molar-refractivity contribution in [2.75, 3.05) is 0 Å². The Hall–Kier alpha value is -2.62. The number of hydrogen-bond acceptors (Lipinski definition) is 4. The molecule has 144 valence electrons. The molecule has 4 heteroatoms. The lowest BCUT2D eigenvalue weighted by Crippen LogP contribution is -2.36. The molecule has 0 aromatic heterocycles. The molecule has 0 fully saturated rings. The van der Waals surface area contributed by atoms with Crippen LogP contribution < -0.4 is 0 Å². The van der Waals surface area contributed by atoms with Gasteiger partial charge in [-0.25, -0.2) is 9.59 Å². The molecule has 0 saturated heterocycles. The van der Waals surface area contributed by atoms with E-state index in [0.717, 1.165) is 12.8 Å². The first-order chi connectivity index (χ1) is 13.1. The first-order valence-corrected chi connectivity index (χ1v) is 9.58. The summed E-state index contributed by atoms with van der Waals surface area (Å²) >= 11 is 0. The van der Waals surface area contributed by atoms with Crippen molar-refractivity contribution in [2.24, 2.45) is 5.92 Å². The van der Waals surface area contributed by atoms with Crippen LogP contribution >= 0.6 is 0 Å². The van der Waals surface area contributed by atoms with Gasteiger partial charge in [0.1, 0.15) is 12.2 Å². The van der Waals surface area contributed by atoms with Gasteiger partial charge < -0.3 is 9.47 Å². The van der Waals surface area contributed by atoms with Crippen molar-refractivity contribution < 1.29 is 19.1 Å². The average Bonchev–Trinajstić information content (AvgIpc) is 2.71. The molecular formula is C23H28O4. The van der Waals surface area contributed by atoms with Gasteiger partial charge >= 0.3 is 11.9 Å². The van der Waals surface area contributed by atoms with E-state index in [9.17, 15) is 9.59 Å². The van der Waals surface area contributed by atoms with Gasteiger partial charge in [0.05, 0.1) is 11.1 Å². The highest BCUT2D eigenvalue weighted by Gasteiger charge is 2.31. The fraction of sp³-hybridized carbons (Fsp3) is 0.391. The number of hydrogen-bond donors (Lipinski definition) is 0. The van der Waals surface area contributed by atoms with Crippen LogP contribution in [0.3, 0.4) is 0 Å². The molecule has 0 bridgehead atoms. The SMILES string of the molecule is CCCC(C(C)OC(=O)c1ccccc1)C(CC)OC(=O)c1ccccc1. The Balaban J connectivity index is 2.08. The molecule has 0 N–H and O–H groups in total.